The lowest BCUT2D eigenvalue weighted by Crippen LogP contribution is -2.14. The molecular weight excluding hydrogens is 370 g/mol. The van der Waals surface area contributed by atoms with Gasteiger partial charge in [-0.25, -0.2) is 9.97 Å². The van der Waals surface area contributed by atoms with E-state index in [1.807, 2.05) is 19.2 Å². The summed E-state index contributed by atoms with van der Waals surface area (Å²) in [5.74, 6) is 2.30. The summed E-state index contributed by atoms with van der Waals surface area (Å²) in [6.07, 6.45) is 6.78. The maximum atomic E-state index is 10.4. The molecule has 0 saturated heterocycles. The van der Waals surface area contributed by atoms with E-state index in [2.05, 4.69) is 44.6 Å². The van der Waals surface area contributed by atoms with Crippen molar-refractivity contribution in [3.05, 3.63) is 29.8 Å². The molecule has 3 rings (SSSR count). The van der Waals surface area contributed by atoms with Crippen LogP contribution in [0.2, 0.25) is 0 Å². The monoisotopic (exact) mass is 399 g/mol. The fourth-order valence-electron chi connectivity index (χ4n) is 3.11. The summed E-state index contributed by atoms with van der Waals surface area (Å²) in [4.78, 5) is 18.4. The highest BCUT2D eigenvalue weighted by molar-refractivity contribution is 5.51. The molecule has 1 saturated carbocycles. The van der Waals surface area contributed by atoms with Gasteiger partial charge in [-0.15, -0.1) is 0 Å². The molecule has 0 amide bonds. The lowest BCUT2D eigenvalue weighted by molar-refractivity contribution is -0.133. The molecule has 1 aliphatic rings. The summed E-state index contributed by atoms with van der Waals surface area (Å²) >= 11 is 0. The molecule has 3 atom stereocenters. The highest BCUT2D eigenvalue weighted by Crippen LogP contribution is 2.35. The van der Waals surface area contributed by atoms with Gasteiger partial charge in [0, 0.05) is 17.7 Å². The Morgan fingerprint density at radius 3 is 2.79 bits per heavy atom. The summed E-state index contributed by atoms with van der Waals surface area (Å²) in [5, 5.41) is 22.0. The van der Waals surface area contributed by atoms with Gasteiger partial charge in [0.2, 0.25) is 0 Å². The van der Waals surface area contributed by atoms with Crippen LogP contribution in [0.4, 0.5) is 11.6 Å². The Hall–Kier alpha value is -2.99. The van der Waals surface area contributed by atoms with Crippen molar-refractivity contribution < 1.29 is 9.53 Å². The van der Waals surface area contributed by atoms with Gasteiger partial charge in [-0.3, -0.25) is 9.89 Å². The summed E-state index contributed by atoms with van der Waals surface area (Å²) in [5.41, 5.74) is 1.27. The van der Waals surface area contributed by atoms with E-state index in [1.165, 1.54) is 18.8 Å². The van der Waals surface area contributed by atoms with Crippen LogP contribution in [0.1, 0.15) is 56.8 Å². The standard InChI is InChI=1S/C14H14N6O2.C6H15N/c15-5-10-6-17-14(7-16-10)18-13-4-12(19-20-13)9-1-2-11(3-9)22-8-21;1-4-6(2)5-7-3/h4,6-9,11H,1-3H2,(H2,17,18,19,20);6-7H,4-5H2,1-3H3. The molecular formula is C20H29N7O2. The highest BCUT2D eigenvalue weighted by Gasteiger charge is 2.28. The normalized spacial score (nSPS) is 18.8. The number of anilines is 2. The number of H-pyrrole nitrogens is 1. The van der Waals surface area contributed by atoms with Crippen LogP contribution >= 0.6 is 0 Å². The maximum absolute atomic E-state index is 10.4. The van der Waals surface area contributed by atoms with E-state index in [0.29, 0.717) is 24.0 Å². The second-order valence-corrected chi connectivity index (χ2v) is 7.17. The molecule has 9 nitrogen and oxygen atoms in total. The molecule has 0 aromatic carbocycles. The van der Waals surface area contributed by atoms with Crippen molar-refractivity contribution in [3.8, 4) is 6.07 Å². The van der Waals surface area contributed by atoms with Crippen molar-refractivity contribution in [1.82, 2.24) is 25.5 Å². The third-order valence-electron chi connectivity index (χ3n) is 4.94. The Morgan fingerprint density at radius 2 is 2.21 bits per heavy atom. The minimum Gasteiger partial charge on any atom is -0.465 e. The summed E-state index contributed by atoms with van der Waals surface area (Å²) in [7, 11) is 1.99. The molecule has 3 N–H and O–H groups in total. The number of aromatic nitrogens is 4. The smallest absolute Gasteiger partial charge is 0.293 e. The predicted octanol–water partition coefficient (Wildman–Crippen LogP) is 2.88. The number of carbonyl (C=O) groups is 1. The Bertz CT molecular complexity index is 785. The van der Waals surface area contributed by atoms with Crippen LogP contribution in [0.3, 0.4) is 0 Å². The SMILES string of the molecule is CCC(C)CNC.N#Cc1cnc(Nc2cc(C3CCC(OC=O)C3)[nH]n2)cn1. The molecule has 0 spiro atoms. The zero-order valence-electron chi connectivity index (χ0n) is 17.2. The summed E-state index contributed by atoms with van der Waals surface area (Å²) < 4.78 is 5.00. The summed E-state index contributed by atoms with van der Waals surface area (Å²) in [6.45, 7) is 6.12. The van der Waals surface area contributed by atoms with Crippen molar-refractivity contribution in [3.63, 3.8) is 0 Å². The predicted molar refractivity (Wildman–Crippen MR) is 110 cm³/mol. The molecule has 156 valence electrons. The van der Waals surface area contributed by atoms with Gasteiger partial charge in [0.15, 0.2) is 11.5 Å². The quantitative estimate of drug-likeness (QED) is 0.578. The topological polar surface area (TPSA) is 129 Å². The van der Waals surface area contributed by atoms with Crippen molar-refractivity contribution in [1.29, 1.82) is 5.26 Å². The van der Waals surface area contributed by atoms with Crippen LogP contribution in [0.5, 0.6) is 0 Å². The largest absolute Gasteiger partial charge is 0.465 e. The minimum atomic E-state index is -0.00778. The second kappa shape index (κ2) is 11.8. The van der Waals surface area contributed by atoms with E-state index in [-0.39, 0.29) is 11.8 Å². The van der Waals surface area contributed by atoms with Crippen LogP contribution in [-0.4, -0.2) is 46.3 Å². The van der Waals surface area contributed by atoms with E-state index >= 15 is 0 Å². The molecule has 1 aliphatic carbocycles. The zero-order chi connectivity index (χ0) is 21.1. The average Bonchev–Trinajstić information content (AvgIpc) is 3.39. The molecule has 0 aliphatic heterocycles. The summed E-state index contributed by atoms with van der Waals surface area (Å²) in [6, 6.07) is 3.82. The molecule has 0 radical (unpaired) electrons. The van der Waals surface area contributed by atoms with Gasteiger partial charge in [0.1, 0.15) is 18.0 Å². The zero-order valence-corrected chi connectivity index (χ0v) is 17.2. The number of hydrogen-bond acceptors (Lipinski definition) is 8. The fraction of sp³-hybridized carbons (Fsp3) is 0.550. The van der Waals surface area contributed by atoms with Gasteiger partial charge in [-0.1, -0.05) is 20.3 Å². The number of aromatic amines is 1. The number of rotatable bonds is 8. The maximum Gasteiger partial charge on any atom is 0.293 e. The number of ether oxygens (including phenoxy) is 1. The molecule has 2 aromatic rings. The first-order chi connectivity index (χ1) is 14.1. The molecule has 2 heterocycles. The van der Waals surface area contributed by atoms with Crippen LogP contribution in [0, 0.1) is 17.2 Å². The van der Waals surface area contributed by atoms with Gasteiger partial charge < -0.3 is 15.4 Å². The number of hydrogen-bond donors (Lipinski definition) is 3. The van der Waals surface area contributed by atoms with E-state index < -0.39 is 0 Å². The van der Waals surface area contributed by atoms with Crippen LogP contribution in [-0.2, 0) is 9.53 Å². The van der Waals surface area contributed by atoms with Crippen LogP contribution in [0.15, 0.2) is 18.5 Å². The molecule has 9 heteroatoms. The molecule has 0 bridgehead atoms. The minimum absolute atomic E-state index is 0.00778. The van der Waals surface area contributed by atoms with E-state index in [0.717, 1.165) is 37.4 Å². The van der Waals surface area contributed by atoms with Gasteiger partial charge in [0.25, 0.3) is 6.47 Å². The van der Waals surface area contributed by atoms with E-state index in [9.17, 15) is 4.79 Å². The molecule has 3 unspecified atom stereocenters. The Kier molecular flexibility index (Phi) is 9.05. The van der Waals surface area contributed by atoms with Gasteiger partial charge in [-0.2, -0.15) is 10.4 Å². The lowest BCUT2D eigenvalue weighted by atomic mass is 10.0. The van der Waals surface area contributed by atoms with Gasteiger partial charge in [-0.05, 0) is 38.8 Å². The average molecular weight is 399 g/mol. The fourth-order valence-corrected chi connectivity index (χ4v) is 3.11. The highest BCUT2D eigenvalue weighted by atomic mass is 16.5. The van der Waals surface area contributed by atoms with Gasteiger partial charge in [0.05, 0.1) is 12.4 Å². The number of nitriles is 1. The van der Waals surface area contributed by atoms with Crippen LogP contribution < -0.4 is 10.6 Å². The molecule has 29 heavy (non-hydrogen) atoms. The second-order valence-electron chi connectivity index (χ2n) is 7.17. The van der Waals surface area contributed by atoms with Gasteiger partial charge >= 0.3 is 0 Å². The number of nitrogens with zero attached hydrogens (tertiary/aromatic N) is 4. The van der Waals surface area contributed by atoms with Crippen molar-refractivity contribution in [2.45, 2.75) is 51.6 Å². The van der Waals surface area contributed by atoms with Crippen molar-refractivity contribution in [2.75, 3.05) is 18.9 Å². The third-order valence-corrected chi connectivity index (χ3v) is 4.94. The Balaban J connectivity index is 0.000000370. The van der Waals surface area contributed by atoms with Crippen LogP contribution in [0.25, 0.3) is 0 Å². The first kappa shape index (κ1) is 22.3. The number of carbonyl (C=O) groups excluding carboxylic acids is 1. The Morgan fingerprint density at radius 1 is 1.38 bits per heavy atom. The first-order valence-corrected chi connectivity index (χ1v) is 9.87. The first-order valence-electron chi connectivity index (χ1n) is 9.87. The van der Waals surface area contributed by atoms with Crippen molar-refractivity contribution >= 4 is 18.1 Å². The Labute approximate surface area is 171 Å². The third kappa shape index (κ3) is 7.16. The number of nitrogens with one attached hydrogen (secondary N) is 3. The molecule has 2 aromatic heterocycles. The van der Waals surface area contributed by atoms with Crippen molar-refractivity contribution in [2.24, 2.45) is 5.92 Å². The van der Waals surface area contributed by atoms with E-state index in [4.69, 9.17) is 10.00 Å². The molecule has 1 fully saturated rings. The lowest BCUT2D eigenvalue weighted by Gasteiger charge is -2.07. The van der Waals surface area contributed by atoms with E-state index in [1.54, 1.807) is 0 Å².